The van der Waals surface area contributed by atoms with Gasteiger partial charge in [0.25, 0.3) is 5.91 Å². The van der Waals surface area contributed by atoms with E-state index in [9.17, 15) is 4.79 Å². The zero-order chi connectivity index (χ0) is 16.7. The highest BCUT2D eigenvalue weighted by atomic mass is 32.1. The van der Waals surface area contributed by atoms with Crippen LogP contribution in [0.5, 0.6) is 0 Å². The number of carbonyl (C=O) groups excluding carboxylic acids is 1. The summed E-state index contributed by atoms with van der Waals surface area (Å²) in [4.78, 5) is 22.3. The smallest absolute Gasteiger partial charge is 0.274 e. The molecule has 0 saturated carbocycles. The van der Waals surface area contributed by atoms with Gasteiger partial charge in [0.05, 0.1) is 5.69 Å². The molecule has 1 amide bonds. The molecule has 0 N–H and O–H groups in total. The number of anilines is 1. The zero-order valence-electron chi connectivity index (χ0n) is 13.8. The van der Waals surface area contributed by atoms with E-state index in [1.807, 2.05) is 11.8 Å². The predicted molar refractivity (Wildman–Crippen MR) is 94.9 cm³/mol. The summed E-state index contributed by atoms with van der Waals surface area (Å²) in [6, 6.07) is 8.50. The third-order valence-corrected chi connectivity index (χ3v) is 5.13. The number of rotatable bonds is 2. The number of fused-ring (bicyclic) bond motifs is 1. The molecule has 4 rings (SSSR count). The second-order valence-corrected chi connectivity index (χ2v) is 6.91. The number of aryl methyl sites for hydroxylation is 2. The van der Waals surface area contributed by atoms with Crippen molar-refractivity contribution in [2.75, 3.05) is 31.1 Å². The van der Waals surface area contributed by atoms with Gasteiger partial charge in [0, 0.05) is 31.9 Å². The van der Waals surface area contributed by atoms with Crippen molar-refractivity contribution in [2.24, 2.45) is 0 Å². The van der Waals surface area contributed by atoms with Crippen LogP contribution in [0.2, 0.25) is 0 Å². The van der Waals surface area contributed by atoms with E-state index in [0.717, 1.165) is 23.7 Å². The molecular weight excluding hydrogens is 322 g/mol. The fourth-order valence-corrected chi connectivity index (χ4v) is 3.85. The third kappa shape index (κ3) is 2.54. The Balaban J connectivity index is 1.50. The zero-order valence-corrected chi connectivity index (χ0v) is 14.6. The Morgan fingerprint density at radius 3 is 2.71 bits per heavy atom. The number of hydrogen-bond acceptors (Lipinski definition) is 5. The number of nitrogens with zero attached hydrogens (tertiary/aromatic N) is 5. The standard InChI is InChI=1S/C17H19N5OS/c1-12-4-3-5-14(10-12)20-6-8-21(9-7-20)16(23)15-13(2)19-17-22(15)18-11-24-17/h3-5,10-11H,6-9H2,1-2H3. The van der Waals surface area contributed by atoms with Crippen molar-refractivity contribution in [2.45, 2.75) is 13.8 Å². The summed E-state index contributed by atoms with van der Waals surface area (Å²) in [6.45, 7) is 7.08. The first kappa shape index (κ1) is 15.1. The Hall–Kier alpha value is -2.41. The lowest BCUT2D eigenvalue weighted by Crippen LogP contribution is -2.49. The Bertz CT molecular complexity index is 891. The van der Waals surface area contributed by atoms with Gasteiger partial charge in [-0.2, -0.15) is 9.61 Å². The highest BCUT2D eigenvalue weighted by Gasteiger charge is 2.27. The molecule has 6 nitrogen and oxygen atoms in total. The Kier molecular flexibility index (Phi) is 3.72. The molecule has 0 radical (unpaired) electrons. The quantitative estimate of drug-likeness (QED) is 0.718. The fraction of sp³-hybridized carbons (Fsp3) is 0.353. The number of benzene rings is 1. The molecule has 3 aromatic rings. The van der Waals surface area contributed by atoms with Gasteiger partial charge in [0.15, 0.2) is 5.69 Å². The Morgan fingerprint density at radius 1 is 1.17 bits per heavy atom. The Morgan fingerprint density at radius 2 is 1.96 bits per heavy atom. The molecule has 1 fully saturated rings. The van der Waals surface area contributed by atoms with Crippen molar-refractivity contribution in [1.29, 1.82) is 0 Å². The lowest BCUT2D eigenvalue weighted by atomic mass is 10.2. The molecule has 1 aromatic carbocycles. The van der Waals surface area contributed by atoms with Gasteiger partial charge in [-0.15, -0.1) is 0 Å². The van der Waals surface area contributed by atoms with Gasteiger partial charge in [-0.3, -0.25) is 4.79 Å². The van der Waals surface area contributed by atoms with Crippen molar-refractivity contribution in [3.05, 3.63) is 46.7 Å². The molecule has 0 atom stereocenters. The van der Waals surface area contributed by atoms with Crippen molar-refractivity contribution in [3.8, 4) is 0 Å². The van der Waals surface area contributed by atoms with E-state index in [2.05, 4.69) is 46.2 Å². The van der Waals surface area contributed by atoms with Gasteiger partial charge in [-0.05, 0) is 31.5 Å². The third-order valence-electron chi connectivity index (χ3n) is 4.46. The fourth-order valence-electron chi connectivity index (χ4n) is 3.18. The highest BCUT2D eigenvalue weighted by molar-refractivity contribution is 7.14. The van der Waals surface area contributed by atoms with Crippen LogP contribution in [-0.4, -0.2) is 51.6 Å². The predicted octanol–water partition coefficient (Wildman–Crippen LogP) is 2.37. The average molecular weight is 341 g/mol. The second kappa shape index (κ2) is 5.90. The van der Waals surface area contributed by atoms with Crippen LogP contribution in [0.15, 0.2) is 29.8 Å². The number of imidazole rings is 1. The van der Waals surface area contributed by atoms with Crippen molar-refractivity contribution in [3.63, 3.8) is 0 Å². The minimum atomic E-state index is 0.0230. The van der Waals surface area contributed by atoms with Gasteiger partial charge < -0.3 is 9.80 Å². The van der Waals surface area contributed by atoms with Crippen LogP contribution < -0.4 is 4.90 Å². The van der Waals surface area contributed by atoms with Gasteiger partial charge in [0.1, 0.15) is 5.51 Å². The largest absolute Gasteiger partial charge is 0.368 e. The van der Waals surface area contributed by atoms with Crippen LogP contribution in [0.4, 0.5) is 5.69 Å². The molecule has 3 heterocycles. The van der Waals surface area contributed by atoms with E-state index in [1.165, 1.54) is 22.6 Å². The van der Waals surface area contributed by atoms with E-state index in [0.29, 0.717) is 18.8 Å². The average Bonchev–Trinajstić information content (AvgIpc) is 3.14. The molecule has 1 saturated heterocycles. The van der Waals surface area contributed by atoms with E-state index >= 15 is 0 Å². The lowest BCUT2D eigenvalue weighted by molar-refractivity contribution is 0.0737. The molecule has 124 valence electrons. The molecule has 7 heteroatoms. The molecule has 0 bridgehead atoms. The second-order valence-electron chi connectivity index (χ2n) is 6.10. The maximum Gasteiger partial charge on any atom is 0.274 e. The van der Waals surface area contributed by atoms with Crippen molar-refractivity contribution >= 4 is 27.9 Å². The van der Waals surface area contributed by atoms with Gasteiger partial charge in [-0.1, -0.05) is 23.5 Å². The number of aromatic nitrogens is 3. The molecule has 24 heavy (non-hydrogen) atoms. The van der Waals surface area contributed by atoms with Crippen molar-refractivity contribution in [1.82, 2.24) is 19.5 Å². The first-order chi connectivity index (χ1) is 11.6. The first-order valence-corrected chi connectivity index (χ1v) is 8.91. The highest BCUT2D eigenvalue weighted by Crippen LogP contribution is 2.20. The molecular formula is C17H19N5OS. The number of amides is 1. The molecule has 0 spiro atoms. The monoisotopic (exact) mass is 341 g/mol. The SMILES string of the molecule is Cc1cccc(N2CCN(C(=O)c3c(C)nc4scnn34)CC2)c1. The lowest BCUT2D eigenvalue weighted by Gasteiger charge is -2.36. The summed E-state index contributed by atoms with van der Waals surface area (Å²) in [5.74, 6) is 0.0230. The van der Waals surface area contributed by atoms with Crippen molar-refractivity contribution < 1.29 is 4.79 Å². The molecule has 0 aliphatic carbocycles. The summed E-state index contributed by atoms with van der Waals surface area (Å²) in [5, 5.41) is 4.24. The normalized spacial score (nSPS) is 15.2. The summed E-state index contributed by atoms with van der Waals surface area (Å²) in [6.07, 6.45) is 0. The molecule has 2 aromatic heterocycles. The maximum absolute atomic E-state index is 12.9. The maximum atomic E-state index is 12.9. The summed E-state index contributed by atoms with van der Waals surface area (Å²) in [5.41, 5.74) is 5.54. The summed E-state index contributed by atoms with van der Waals surface area (Å²) >= 11 is 1.45. The Labute approximate surface area is 144 Å². The van der Waals surface area contributed by atoms with Gasteiger partial charge >= 0.3 is 0 Å². The van der Waals surface area contributed by atoms with Crippen LogP contribution in [0.3, 0.4) is 0 Å². The number of hydrogen-bond donors (Lipinski definition) is 0. The molecule has 0 unspecified atom stereocenters. The van der Waals surface area contributed by atoms with Crippen LogP contribution in [-0.2, 0) is 0 Å². The van der Waals surface area contributed by atoms with E-state index in [-0.39, 0.29) is 5.91 Å². The van der Waals surface area contributed by atoms with Crippen LogP contribution >= 0.6 is 11.3 Å². The van der Waals surface area contributed by atoms with E-state index < -0.39 is 0 Å². The molecule has 1 aliphatic rings. The first-order valence-electron chi connectivity index (χ1n) is 8.03. The topological polar surface area (TPSA) is 53.7 Å². The summed E-state index contributed by atoms with van der Waals surface area (Å²) in [7, 11) is 0. The van der Waals surface area contributed by atoms with E-state index in [4.69, 9.17) is 0 Å². The summed E-state index contributed by atoms with van der Waals surface area (Å²) < 4.78 is 1.66. The number of piperazine rings is 1. The minimum absolute atomic E-state index is 0.0230. The van der Waals surface area contributed by atoms with Crippen LogP contribution in [0.1, 0.15) is 21.7 Å². The van der Waals surface area contributed by atoms with Gasteiger partial charge in [0.2, 0.25) is 4.96 Å². The van der Waals surface area contributed by atoms with Crippen LogP contribution in [0.25, 0.3) is 4.96 Å². The minimum Gasteiger partial charge on any atom is -0.368 e. The van der Waals surface area contributed by atoms with Crippen LogP contribution in [0, 0.1) is 13.8 Å². The number of carbonyl (C=O) groups is 1. The van der Waals surface area contributed by atoms with Gasteiger partial charge in [-0.25, -0.2) is 4.98 Å². The van der Waals surface area contributed by atoms with E-state index in [1.54, 1.807) is 10.0 Å². The molecule has 1 aliphatic heterocycles.